The second-order valence-corrected chi connectivity index (χ2v) is 4.38. The van der Waals surface area contributed by atoms with Gasteiger partial charge < -0.3 is 0 Å². The van der Waals surface area contributed by atoms with E-state index in [9.17, 15) is 0 Å². The summed E-state index contributed by atoms with van der Waals surface area (Å²) in [6.45, 7) is 4.16. The van der Waals surface area contributed by atoms with Gasteiger partial charge in [-0.05, 0) is 37.3 Å². The fraction of sp³-hybridized carbons (Fsp3) is 0.267. The molecule has 0 saturated carbocycles. The first kappa shape index (κ1) is 13.8. The van der Waals surface area contributed by atoms with Gasteiger partial charge in [0.2, 0.25) is 0 Å². The summed E-state index contributed by atoms with van der Waals surface area (Å²) < 4.78 is 0. The minimum Gasteiger partial charge on any atom is -0.255 e. The SMILES string of the molecule is C/C=C(C=Nc1ccccc1SC)\C=C/CC. The van der Waals surface area contributed by atoms with Gasteiger partial charge in [0, 0.05) is 11.1 Å². The van der Waals surface area contributed by atoms with Crippen molar-refractivity contribution < 1.29 is 0 Å². The summed E-state index contributed by atoms with van der Waals surface area (Å²) in [7, 11) is 0. The topological polar surface area (TPSA) is 12.4 Å². The van der Waals surface area contributed by atoms with Crippen molar-refractivity contribution >= 4 is 23.7 Å². The molecule has 0 aliphatic rings. The first-order chi connectivity index (χ1) is 8.31. The standard InChI is InChI=1S/C15H19NS/c1-4-6-9-13(5-2)12-16-14-10-7-8-11-15(14)17-3/h5-12H,4H2,1-3H3/b9-6-,13-5+,16-12?. The molecule has 90 valence electrons. The summed E-state index contributed by atoms with van der Waals surface area (Å²) in [5, 5.41) is 0. The maximum Gasteiger partial charge on any atom is 0.0765 e. The van der Waals surface area contributed by atoms with E-state index in [0.717, 1.165) is 17.7 Å². The van der Waals surface area contributed by atoms with Crippen LogP contribution in [-0.2, 0) is 0 Å². The Bertz CT molecular complexity index is 430. The third kappa shape index (κ3) is 4.61. The van der Waals surface area contributed by atoms with Crippen LogP contribution in [0.25, 0.3) is 0 Å². The van der Waals surface area contributed by atoms with Crippen LogP contribution in [0, 0.1) is 0 Å². The van der Waals surface area contributed by atoms with Gasteiger partial charge in [-0.15, -0.1) is 11.8 Å². The van der Waals surface area contributed by atoms with Gasteiger partial charge in [-0.2, -0.15) is 0 Å². The zero-order chi connectivity index (χ0) is 12.5. The zero-order valence-electron chi connectivity index (χ0n) is 10.7. The van der Waals surface area contributed by atoms with Gasteiger partial charge in [0.25, 0.3) is 0 Å². The quantitative estimate of drug-likeness (QED) is 0.403. The lowest BCUT2D eigenvalue weighted by Gasteiger charge is -2.00. The summed E-state index contributed by atoms with van der Waals surface area (Å²) in [6, 6.07) is 8.19. The predicted octanol–water partition coefficient (Wildman–Crippen LogP) is 5.02. The fourth-order valence-electron chi connectivity index (χ4n) is 1.35. The predicted molar refractivity (Wildman–Crippen MR) is 79.6 cm³/mol. The molecule has 0 radical (unpaired) electrons. The van der Waals surface area contributed by atoms with Gasteiger partial charge >= 0.3 is 0 Å². The van der Waals surface area contributed by atoms with Gasteiger partial charge in [-0.1, -0.05) is 37.3 Å². The molecule has 2 heteroatoms. The maximum atomic E-state index is 4.54. The third-order valence-corrected chi connectivity index (χ3v) is 3.10. The first-order valence-electron chi connectivity index (χ1n) is 5.81. The molecule has 0 unspecified atom stereocenters. The Kier molecular flexibility index (Phi) is 6.41. The van der Waals surface area contributed by atoms with Crippen LogP contribution in [0.3, 0.4) is 0 Å². The van der Waals surface area contributed by atoms with Gasteiger partial charge in [0.15, 0.2) is 0 Å². The summed E-state index contributed by atoms with van der Waals surface area (Å²) >= 11 is 1.72. The molecule has 1 nitrogen and oxygen atoms in total. The minimum atomic E-state index is 1.03. The molecule has 0 aliphatic heterocycles. The van der Waals surface area contributed by atoms with Gasteiger partial charge in [-0.3, -0.25) is 4.99 Å². The number of allylic oxidation sites excluding steroid dienone is 4. The maximum absolute atomic E-state index is 4.54. The van der Waals surface area contributed by atoms with Crippen LogP contribution < -0.4 is 0 Å². The van der Waals surface area contributed by atoms with Crippen molar-refractivity contribution in [1.29, 1.82) is 0 Å². The summed E-state index contributed by atoms with van der Waals surface area (Å²) in [6.07, 6.45) is 11.3. The van der Waals surface area contributed by atoms with Crippen molar-refractivity contribution in [2.75, 3.05) is 6.26 Å². The zero-order valence-corrected chi connectivity index (χ0v) is 11.5. The van der Waals surface area contributed by atoms with Gasteiger partial charge in [0.1, 0.15) is 0 Å². The summed E-state index contributed by atoms with van der Waals surface area (Å²) in [5.41, 5.74) is 2.17. The number of thioether (sulfide) groups is 1. The van der Waals surface area contributed by atoms with E-state index in [1.807, 2.05) is 31.3 Å². The molecule has 0 bridgehead atoms. The van der Waals surface area contributed by atoms with E-state index < -0.39 is 0 Å². The summed E-state index contributed by atoms with van der Waals surface area (Å²) in [5.74, 6) is 0. The van der Waals surface area contributed by atoms with E-state index in [1.165, 1.54) is 4.90 Å². The van der Waals surface area contributed by atoms with Crippen molar-refractivity contribution in [1.82, 2.24) is 0 Å². The largest absolute Gasteiger partial charge is 0.255 e. The summed E-state index contributed by atoms with van der Waals surface area (Å²) in [4.78, 5) is 5.74. The Balaban J connectivity index is 2.85. The van der Waals surface area contributed by atoms with Crippen molar-refractivity contribution in [2.45, 2.75) is 25.2 Å². The number of rotatable bonds is 5. The van der Waals surface area contributed by atoms with E-state index in [0.29, 0.717) is 0 Å². The normalized spacial score (nSPS) is 12.8. The highest BCUT2D eigenvalue weighted by Gasteiger charge is 1.96. The lowest BCUT2D eigenvalue weighted by atomic mass is 10.2. The average molecular weight is 245 g/mol. The van der Waals surface area contributed by atoms with Gasteiger partial charge in [-0.25, -0.2) is 0 Å². The number of hydrogen-bond donors (Lipinski definition) is 0. The number of para-hydroxylation sites is 1. The monoisotopic (exact) mass is 245 g/mol. The van der Waals surface area contributed by atoms with E-state index >= 15 is 0 Å². The van der Waals surface area contributed by atoms with E-state index in [2.05, 4.69) is 42.5 Å². The van der Waals surface area contributed by atoms with E-state index in [1.54, 1.807) is 11.8 Å². The molecular formula is C15H19NS. The molecule has 0 fully saturated rings. The number of benzene rings is 1. The molecule has 17 heavy (non-hydrogen) atoms. The van der Waals surface area contributed by atoms with Crippen molar-refractivity contribution in [3.63, 3.8) is 0 Å². The average Bonchev–Trinajstić information content (AvgIpc) is 2.39. The molecular weight excluding hydrogens is 226 g/mol. The highest BCUT2D eigenvalue weighted by Crippen LogP contribution is 2.27. The highest BCUT2D eigenvalue weighted by molar-refractivity contribution is 7.98. The molecule has 1 rings (SSSR count). The van der Waals surface area contributed by atoms with Crippen LogP contribution in [-0.4, -0.2) is 12.5 Å². The molecule has 0 atom stereocenters. The Morgan fingerprint density at radius 3 is 2.76 bits per heavy atom. The van der Waals surface area contributed by atoms with Crippen LogP contribution in [0.1, 0.15) is 20.3 Å². The Hall–Kier alpha value is -1.28. The molecule has 1 aromatic carbocycles. The van der Waals surface area contributed by atoms with Crippen LogP contribution in [0.15, 0.2) is 58.0 Å². The fourth-order valence-corrected chi connectivity index (χ4v) is 1.89. The molecule has 0 heterocycles. The smallest absolute Gasteiger partial charge is 0.0765 e. The van der Waals surface area contributed by atoms with Crippen molar-refractivity contribution in [3.8, 4) is 0 Å². The molecule has 0 amide bonds. The molecule has 0 aliphatic carbocycles. The molecule has 0 N–H and O–H groups in total. The number of aliphatic imine (C=N–C) groups is 1. The van der Waals surface area contributed by atoms with Crippen molar-refractivity contribution in [2.24, 2.45) is 4.99 Å². The third-order valence-electron chi connectivity index (χ3n) is 2.32. The molecule has 0 spiro atoms. The molecule has 0 saturated heterocycles. The van der Waals surface area contributed by atoms with E-state index in [4.69, 9.17) is 0 Å². The number of hydrogen-bond acceptors (Lipinski definition) is 2. The highest BCUT2D eigenvalue weighted by atomic mass is 32.2. The lowest BCUT2D eigenvalue weighted by molar-refractivity contribution is 1.22. The van der Waals surface area contributed by atoms with Crippen LogP contribution >= 0.6 is 11.8 Å². The Labute approximate surface area is 108 Å². The van der Waals surface area contributed by atoms with Crippen LogP contribution in [0.5, 0.6) is 0 Å². The van der Waals surface area contributed by atoms with Gasteiger partial charge in [0.05, 0.1) is 5.69 Å². The van der Waals surface area contributed by atoms with Crippen LogP contribution in [0.4, 0.5) is 5.69 Å². The lowest BCUT2D eigenvalue weighted by Crippen LogP contribution is -1.80. The second-order valence-electron chi connectivity index (χ2n) is 3.53. The van der Waals surface area contributed by atoms with Crippen molar-refractivity contribution in [3.05, 3.63) is 48.1 Å². The molecule has 1 aromatic rings. The Morgan fingerprint density at radius 1 is 1.35 bits per heavy atom. The number of nitrogens with zero attached hydrogens (tertiary/aromatic N) is 1. The van der Waals surface area contributed by atoms with Crippen LogP contribution in [0.2, 0.25) is 0 Å². The molecule has 0 aromatic heterocycles. The van der Waals surface area contributed by atoms with E-state index in [-0.39, 0.29) is 0 Å². The second kappa shape index (κ2) is 7.91. The minimum absolute atomic E-state index is 1.03. The first-order valence-corrected chi connectivity index (χ1v) is 7.04. The Morgan fingerprint density at radius 2 is 2.12 bits per heavy atom.